The van der Waals surface area contributed by atoms with Gasteiger partial charge in [-0.15, -0.1) is 11.8 Å². The molecular weight excluding hydrogens is 481 g/mol. The lowest BCUT2D eigenvalue weighted by Crippen LogP contribution is -2.65. The van der Waals surface area contributed by atoms with Crippen LogP contribution in [0.1, 0.15) is 41.5 Å². The smallest absolute Gasteiger partial charge is 0.340 e. The Labute approximate surface area is 197 Å². The van der Waals surface area contributed by atoms with Crippen LogP contribution in [0.4, 0.5) is 0 Å². The van der Waals surface area contributed by atoms with E-state index in [2.05, 4.69) is 5.32 Å². The Kier molecular flexibility index (Phi) is 12.4. The van der Waals surface area contributed by atoms with Gasteiger partial charge in [0, 0.05) is 27.7 Å². The molecule has 14 heteroatoms. The maximum absolute atomic E-state index is 12.9. The Balaban J connectivity index is 3.32. The minimum Gasteiger partial charge on any atom is -0.463 e. The number of hydrogen-bond donors (Lipinski definition) is 1. The lowest BCUT2D eigenvalue weighted by atomic mass is 9.97. The summed E-state index contributed by atoms with van der Waals surface area (Å²) in [5.41, 5.74) is -1.08. The van der Waals surface area contributed by atoms with Gasteiger partial charge in [0.15, 0.2) is 12.2 Å². The van der Waals surface area contributed by atoms with E-state index < -0.39 is 61.2 Å². The van der Waals surface area contributed by atoms with Crippen molar-refractivity contribution in [2.75, 3.05) is 25.3 Å². The van der Waals surface area contributed by atoms with Gasteiger partial charge in [-0.3, -0.25) is 23.7 Å². The van der Waals surface area contributed by atoms with Gasteiger partial charge >= 0.3 is 25.5 Å². The number of carbonyl (C=O) groups excluding carboxylic acids is 4. The lowest BCUT2D eigenvalue weighted by Gasteiger charge is -2.45. The average molecular weight is 514 g/mol. The zero-order valence-corrected chi connectivity index (χ0v) is 21.3. The van der Waals surface area contributed by atoms with Crippen LogP contribution in [-0.4, -0.2) is 78.9 Å². The number of esters is 3. The number of thioether (sulfide) groups is 1. The quantitative estimate of drug-likeness (QED) is 0.229. The molecule has 0 aromatic carbocycles. The van der Waals surface area contributed by atoms with E-state index in [1.807, 2.05) is 0 Å². The molecule has 1 fully saturated rings. The fourth-order valence-corrected chi connectivity index (χ4v) is 6.53. The number of amides is 1. The number of nitrogens with one attached hydrogen (secondary N) is 1. The minimum absolute atomic E-state index is 0.138. The maximum atomic E-state index is 12.9. The van der Waals surface area contributed by atoms with E-state index in [1.165, 1.54) is 13.8 Å². The first-order valence-electron chi connectivity index (χ1n) is 10.3. The third-order valence-electron chi connectivity index (χ3n) is 4.12. The summed E-state index contributed by atoms with van der Waals surface area (Å²) in [6.07, 6.45) is -3.41. The topological polar surface area (TPSA) is 153 Å². The monoisotopic (exact) mass is 513 g/mol. The van der Waals surface area contributed by atoms with Gasteiger partial charge in [-0.05, 0) is 13.8 Å². The van der Waals surface area contributed by atoms with E-state index in [0.717, 1.165) is 25.6 Å². The summed E-state index contributed by atoms with van der Waals surface area (Å²) in [5.74, 6) is -2.46. The normalized spacial score (nSPS) is 25.1. The van der Waals surface area contributed by atoms with Crippen LogP contribution in [0.2, 0.25) is 0 Å². The van der Waals surface area contributed by atoms with Gasteiger partial charge in [-0.1, -0.05) is 0 Å². The molecule has 1 aliphatic heterocycles. The van der Waals surface area contributed by atoms with Gasteiger partial charge < -0.3 is 33.3 Å². The standard InChI is InChI=1S/C19H32NO11PS/c1-7-27-32(25,28-8-2)10-33-19-16(20-11(3)21)18(30-14(6)24)17(29-13(5)23)15(31-19)9-26-12(4)22/h15-19H,7-10H2,1-6H3,(H,20,21)/t15-,16-,17-,18-,19-/m1/s1. The molecule has 190 valence electrons. The van der Waals surface area contributed by atoms with Crippen molar-refractivity contribution in [3.05, 3.63) is 0 Å². The van der Waals surface area contributed by atoms with Gasteiger partial charge in [-0.25, -0.2) is 0 Å². The van der Waals surface area contributed by atoms with E-state index >= 15 is 0 Å². The summed E-state index contributed by atoms with van der Waals surface area (Å²) in [7, 11) is -3.49. The van der Waals surface area contributed by atoms with Crippen LogP contribution in [0, 0.1) is 0 Å². The highest BCUT2D eigenvalue weighted by molar-refractivity contribution is 8.05. The SMILES string of the molecule is CCOP(=O)(CS[C@H]1O[C@H](COC(C)=O)[C@@H](OC(C)=O)[C@H](OC(C)=O)[C@H]1NC(C)=O)OCC. The lowest BCUT2D eigenvalue weighted by molar-refractivity contribution is -0.211. The Hall–Kier alpha value is -1.66. The number of rotatable bonds is 12. The molecule has 0 unspecified atom stereocenters. The summed E-state index contributed by atoms with van der Waals surface area (Å²) in [5, 5.41) is 2.64. The predicted octanol–water partition coefficient (Wildman–Crippen LogP) is 1.60. The largest absolute Gasteiger partial charge is 0.463 e. The number of ether oxygens (including phenoxy) is 4. The summed E-state index contributed by atoms with van der Waals surface area (Å²) >= 11 is 1.00. The first-order chi connectivity index (χ1) is 15.4. The fraction of sp³-hybridized carbons (Fsp3) is 0.789. The Morgan fingerprint density at radius 3 is 1.91 bits per heavy atom. The van der Waals surface area contributed by atoms with Crippen LogP contribution >= 0.6 is 19.4 Å². The average Bonchev–Trinajstić information content (AvgIpc) is 2.68. The first kappa shape index (κ1) is 29.4. The third-order valence-corrected chi connectivity index (χ3v) is 8.02. The van der Waals surface area contributed by atoms with Gasteiger partial charge in [0.1, 0.15) is 24.2 Å². The zero-order chi connectivity index (χ0) is 25.2. The van der Waals surface area contributed by atoms with E-state index in [0.29, 0.717) is 0 Å². The molecule has 0 saturated carbocycles. The molecule has 0 spiro atoms. The highest BCUT2D eigenvalue weighted by atomic mass is 32.2. The van der Waals surface area contributed by atoms with E-state index in [4.69, 9.17) is 28.0 Å². The summed E-state index contributed by atoms with van der Waals surface area (Å²) < 4.78 is 45.3. The van der Waals surface area contributed by atoms with Gasteiger partial charge in [0.25, 0.3) is 0 Å². The van der Waals surface area contributed by atoms with Crippen molar-refractivity contribution in [3.8, 4) is 0 Å². The van der Waals surface area contributed by atoms with E-state index in [1.54, 1.807) is 13.8 Å². The van der Waals surface area contributed by atoms with Crippen molar-refractivity contribution in [2.24, 2.45) is 0 Å². The molecule has 1 amide bonds. The molecule has 0 radical (unpaired) electrons. The van der Waals surface area contributed by atoms with Crippen LogP contribution in [0.3, 0.4) is 0 Å². The third kappa shape index (κ3) is 10.0. The van der Waals surface area contributed by atoms with E-state index in [-0.39, 0.29) is 25.3 Å². The van der Waals surface area contributed by atoms with E-state index in [9.17, 15) is 23.7 Å². The van der Waals surface area contributed by atoms with Crippen molar-refractivity contribution in [3.63, 3.8) is 0 Å². The second kappa shape index (κ2) is 13.9. The molecule has 1 N–H and O–H groups in total. The van der Waals surface area contributed by atoms with Crippen molar-refractivity contribution in [1.29, 1.82) is 0 Å². The molecule has 5 atom stereocenters. The first-order valence-corrected chi connectivity index (χ1v) is 13.1. The molecule has 1 rings (SSSR count). The molecular formula is C19H32NO11PS. The number of hydrogen-bond acceptors (Lipinski definition) is 12. The second-order valence-electron chi connectivity index (χ2n) is 6.96. The molecule has 0 aromatic heterocycles. The Morgan fingerprint density at radius 1 is 0.909 bits per heavy atom. The highest BCUT2D eigenvalue weighted by Gasteiger charge is 2.51. The van der Waals surface area contributed by atoms with Crippen LogP contribution in [0.15, 0.2) is 0 Å². The molecule has 0 aliphatic carbocycles. The molecule has 0 bridgehead atoms. The highest BCUT2D eigenvalue weighted by Crippen LogP contribution is 2.52. The second-order valence-corrected chi connectivity index (χ2v) is 10.5. The molecule has 33 heavy (non-hydrogen) atoms. The molecule has 1 aliphatic rings. The maximum Gasteiger partial charge on any atom is 0.340 e. The van der Waals surface area contributed by atoms with Gasteiger partial charge in [-0.2, -0.15) is 0 Å². The van der Waals surface area contributed by atoms with Crippen LogP contribution in [0.25, 0.3) is 0 Å². The van der Waals surface area contributed by atoms with Gasteiger partial charge in [0.2, 0.25) is 5.91 Å². The van der Waals surface area contributed by atoms with Crippen molar-refractivity contribution >= 4 is 43.2 Å². The Morgan fingerprint density at radius 2 is 1.45 bits per heavy atom. The summed E-state index contributed by atoms with van der Waals surface area (Å²) in [6, 6.07) is -0.994. The molecule has 12 nitrogen and oxygen atoms in total. The van der Waals surface area contributed by atoms with Crippen LogP contribution < -0.4 is 5.32 Å². The summed E-state index contributed by atoms with van der Waals surface area (Å²) in [6.45, 7) is 8.09. The van der Waals surface area contributed by atoms with Crippen LogP contribution in [-0.2, 0) is 51.7 Å². The zero-order valence-electron chi connectivity index (χ0n) is 19.6. The van der Waals surface area contributed by atoms with Crippen LogP contribution in [0.5, 0.6) is 0 Å². The van der Waals surface area contributed by atoms with Crippen molar-refractivity contribution < 1.29 is 51.7 Å². The molecule has 1 heterocycles. The fourth-order valence-electron chi connectivity index (χ4n) is 3.10. The van der Waals surface area contributed by atoms with Crippen molar-refractivity contribution in [1.82, 2.24) is 5.32 Å². The molecule has 1 saturated heterocycles. The predicted molar refractivity (Wildman–Crippen MR) is 117 cm³/mol. The number of carbonyl (C=O) groups is 4. The van der Waals surface area contributed by atoms with Gasteiger partial charge in [0.05, 0.1) is 18.7 Å². The van der Waals surface area contributed by atoms with Crippen molar-refractivity contribution in [2.45, 2.75) is 71.3 Å². The Bertz CT molecular complexity index is 739. The molecule has 0 aromatic rings. The minimum atomic E-state index is -3.49. The summed E-state index contributed by atoms with van der Waals surface area (Å²) in [4.78, 5) is 46.9.